The summed E-state index contributed by atoms with van der Waals surface area (Å²) in [4.78, 5) is 13.2. The molecule has 4 nitrogen and oxygen atoms in total. The fourth-order valence-corrected chi connectivity index (χ4v) is 3.64. The van der Waals surface area contributed by atoms with Gasteiger partial charge in [-0.3, -0.25) is 4.79 Å². The van der Waals surface area contributed by atoms with Crippen LogP contribution in [0.25, 0.3) is 0 Å². The molecule has 2 heterocycles. The average Bonchev–Trinajstić information content (AvgIpc) is 2.87. The maximum absolute atomic E-state index is 10.8. The predicted octanol–water partition coefficient (Wildman–Crippen LogP) is 1.74. The Hall–Kier alpha value is -1.55. The van der Waals surface area contributed by atoms with Gasteiger partial charge in [-0.05, 0) is 17.7 Å². The molecule has 0 aromatic heterocycles. The van der Waals surface area contributed by atoms with Gasteiger partial charge in [0.25, 0.3) is 0 Å². The van der Waals surface area contributed by atoms with Crippen LogP contribution in [0, 0.1) is 0 Å². The van der Waals surface area contributed by atoms with E-state index in [1.165, 1.54) is 49.2 Å². The quantitative estimate of drug-likeness (QED) is 0.854. The molecule has 0 saturated carbocycles. The van der Waals surface area contributed by atoms with Gasteiger partial charge in [0, 0.05) is 18.5 Å². The van der Waals surface area contributed by atoms with Gasteiger partial charge in [-0.2, -0.15) is 0 Å². The summed E-state index contributed by atoms with van der Waals surface area (Å²) >= 11 is 0. The molecule has 1 N–H and O–H groups in total. The van der Waals surface area contributed by atoms with E-state index in [0.717, 1.165) is 18.7 Å². The van der Waals surface area contributed by atoms with Crippen LogP contribution in [-0.4, -0.2) is 54.8 Å². The number of nitrogens with zero attached hydrogens (tertiary/aromatic N) is 2. The third kappa shape index (κ3) is 2.80. The van der Waals surface area contributed by atoms with Crippen molar-refractivity contribution in [3.8, 4) is 0 Å². The van der Waals surface area contributed by atoms with Gasteiger partial charge in [-0.15, -0.1) is 0 Å². The third-order valence-corrected chi connectivity index (χ3v) is 4.83. The fraction of sp³-hybridized carbons (Fsp3) is 0.562. The summed E-state index contributed by atoms with van der Waals surface area (Å²) < 4.78 is 1.31. The summed E-state index contributed by atoms with van der Waals surface area (Å²) in [6, 6.07) is 8.01. The maximum atomic E-state index is 10.8. The SMILES string of the molecule is O=C(O)Cc1cccc(N2CC[N+]3(CCCC3)CC2)c1. The first-order valence-corrected chi connectivity index (χ1v) is 7.58. The van der Waals surface area contributed by atoms with Crippen LogP contribution in [0.5, 0.6) is 0 Å². The van der Waals surface area contributed by atoms with Crippen molar-refractivity contribution in [1.82, 2.24) is 0 Å². The van der Waals surface area contributed by atoms with Crippen molar-refractivity contribution in [2.45, 2.75) is 19.3 Å². The molecule has 0 bridgehead atoms. The number of quaternary nitrogens is 1. The van der Waals surface area contributed by atoms with E-state index in [1.54, 1.807) is 0 Å². The second-order valence-electron chi connectivity index (χ2n) is 6.17. The number of carboxylic acid groups (broad SMARTS) is 1. The molecule has 0 atom stereocenters. The minimum Gasteiger partial charge on any atom is -0.481 e. The lowest BCUT2D eigenvalue weighted by Crippen LogP contribution is -2.58. The Bertz CT molecular complexity index is 485. The lowest BCUT2D eigenvalue weighted by atomic mass is 10.1. The Labute approximate surface area is 120 Å². The van der Waals surface area contributed by atoms with Gasteiger partial charge in [0.1, 0.15) is 0 Å². The highest BCUT2D eigenvalue weighted by atomic mass is 16.4. The molecular formula is C16H23N2O2+. The second-order valence-corrected chi connectivity index (χ2v) is 6.17. The number of hydrogen-bond donors (Lipinski definition) is 1. The van der Waals surface area contributed by atoms with Gasteiger partial charge in [-0.1, -0.05) is 12.1 Å². The number of aliphatic carboxylic acids is 1. The summed E-state index contributed by atoms with van der Waals surface area (Å²) in [5, 5.41) is 8.89. The van der Waals surface area contributed by atoms with Crippen LogP contribution in [0.1, 0.15) is 18.4 Å². The molecule has 108 valence electrons. The summed E-state index contributed by atoms with van der Waals surface area (Å²) in [5.41, 5.74) is 2.08. The van der Waals surface area contributed by atoms with Crippen LogP contribution in [-0.2, 0) is 11.2 Å². The number of benzene rings is 1. The molecule has 0 aliphatic carbocycles. The highest BCUT2D eigenvalue weighted by Crippen LogP contribution is 2.25. The minimum absolute atomic E-state index is 0.113. The smallest absolute Gasteiger partial charge is 0.307 e. The summed E-state index contributed by atoms with van der Waals surface area (Å²) in [5.74, 6) is -0.762. The third-order valence-electron chi connectivity index (χ3n) is 4.83. The molecular weight excluding hydrogens is 252 g/mol. The van der Waals surface area contributed by atoms with Crippen molar-refractivity contribution < 1.29 is 14.4 Å². The Morgan fingerprint density at radius 1 is 1.15 bits per heavy atom. The monoisotopic (exact) mass is 275 g/mol. The summed E-state index contributed by atoms with van der Waals surface area (Å²) in [6.07, 6.45) is 2.88. The van der Waals surface area contributed by atoms with Crippen molar-refractivity contribution >= 4 is 11.7 Å². The van der Waals surface area contributed by atoms with Crippen LogP contribution in [0.15, 0.2) is 24.3 Å². The average molecular weight is 275 g/mol. The normalized spacial score (nSPS) is 21.3. The fourth-order valence-electron chi connectivity index (χ4n) is 3.64. The van der Waals surface area contributed by atoms with Crippen molar-refractivity contribution in [3.05, 3.63) is 29.8 Å². The predicted molar refractivity (Wildman–Crippen MR) is 79.0 cm³/mol. The molecule has 1 spiro atoms. The zero-order valence-corrected chi connectivity index (χ0v) is 11.9. The molecule has 0 radical (unpaired) electrons. The summed E-state index contributed by atoms with van der Waals surface area (Å²) in [7, 11) is 0. The van der Waals surface area contributed by atoms with E-state index in [1.807, 2.05) is 18.2 Å². The molecule has 2 aliphatic rings. The molecule has 2 fully saturated rings. The highest BCUT2D eigenvalue weighted by molar-refractivity contribution is 5.70. The van der Waals surface area contributed by atoms with Crippen molar-refractivity contribution in [2.75, 3.05) is 44.2 Å². The maximum Gasteiger partial charge on any atom is 0.307 e. The molecule has 2 aliphatic heterocycles. The zero-order valence-electron chi connectivity index (χ0n) is 11.9. The number of anilines is 1. The van der Waals surface area contributed by atoms with E-state index >= 15 is 0 Å². The highest BCUT2D eigenvalue weighted by Gasteiger charge is 2.35. The molecule has 3 rings (SSSR count). The Balaban J connectivity index is 1.67. The first-order valence-electron chi connectivity index (χ1n) is 7.58. The Kier molecular flexibility index (Phi) is 3.66. The van der Waals surface area contributed by atoms with E-state index < -0.39 is 5.97 Å². The number of hydrogen-bond acceptors (Lipinski definition) is 2. The van der Waals surface area contributed by atoms with E-state index in [0.29, 0.717) is 0 Å². The van der Waals surface area contributed by atoms with Gasteiger partial charge >= 0.3 is 5.97 Å². The molecule has 20 heavy (non-hydrogen) atoms. The van der Waals surface area contributed by atoms with Crippen LogP contribution in [0.2, 0.25) is 0 Å². The lowest BCUT2D eigenvalue weighted by molar-refractivity contribution is -0.917. The van der Waals surface area contributed by atoms with E-state index in [2.05, 4.69) is 11.0 Å². The summed E-state index contributed by atoms with van der Waals surface area (Å²) in [6.45, 7) is 7.37. The minimum atomic E-state index is -0.762. The molecule has 0 amide bonds. The molecule has 1 aromatic carbocycles. The molecule has 1 aromatic rings. The molecule has 4 heteroatoms. The largest absolute Gasteiger partial charge is 0.481 e. The number of piperazine rings is 1. The van der Waals surface area contributed by atoms with E-state index in [-0.39, 0.29) is 6.42 Å². The molecule has 2 saturated heterocycles. The van der Waals surface area contributed by atoms with Crippen LogP contribution < -0.4 is 4.90 Å². The zero-order chi connectivity index (χ0) is 14.0. The second kappa shape index (κ2) is 5.44. The first-order chi connectivity index (χ1) is 9.67. The Morgan fingerprint density at radius 3 is 2.50 bits per heavy atom. The lowest BCUT2D eigenvalue weighted by Gasteiger charge is -2.42. The Morgan fingerprint density at radius 2 is 1.85 bits per heavy atom. The van der Waals surface area contributed by atoms with Crippen molar-refractivity contribution in [3.63, 3.8) is 0 Å². The van der Waals surface area contributed by atoms with Crippen LogP contribution in [0.3, 0.4) is 0 Å². The van der Waals surface area contributed by atoms with E-state index in [9.17, 15) is 4.79 Å². The van der Waals surface area contributed by atoms with Gasteiger partial charge < -0.3 is 14.5 Å². The van der Waals surface area contributed by atoms with Gasteiger partial charge in [0.2, 0.25) is 0 Å². The van der Waals surface area contributed by atoms with Gasteiger partial charge in [0.05, 0.1) is 45.7 Å². The first kappa shape index (κ1) is 13.4. The van der Waals surface area contributed by atoms with Crippen molar-refractivity contribution in [2.24, 2.45) is 0 Å². The number of carbonyl (C=O) groups is 1. The van der Waals surface area contributed by atoms with Gasteiger partial charge in [0.15, 0.2) is 0 Å². The topological polar surface area (TPSA) is 40.5 Å². The van der Waals surface area contributed by atoms with Crippen LogP contribution >= 0.6 is 0 Å². The van der Waals surface area contributed by atoms with Crippen molar-refractivity contribution in [1.29, 1.82) is 0 Å². The van der Waals surface area contributed by atoms with E-state index in [4.69, 9.17) is 5.11 Å². The standard InChI is InChI=1S/C16H22N2O2/c19-16(20)13-14-4-3-5-15(12-14)17-6-10-18(11-7-17)8-1-2-9-18/h3-5,12H,1-2,6-11,13H2/p+1. The number of rotatable bonds is 3. The van der Waals surface area contributed by atoms with Crippen LogP contribution in [0.4, 0.5) is 5.69 Å². The van der Waals surface area contributed by atoms with Gasteiger partial charge in [-0.25, -0.2) is 0 Å². The molecule has 0 unspecified atom stereocenters. The number of carboxylic acids is 1.